The van der Waals surface area contributed by atoms with Gasteiger partial charge in [0.1, 0.15) is 0 Å². The van der Waals surface area contributed by atoms with Crippen LogP contribution < -0.4 is 5.73 Å². The molecular weight excluding hydrogens is 268 g/mol. The Morgan fingerprint density at radius 3 is 2.95 bits per heavy atom. The first-order chi connectivity index (χ1) is 9.65. The van der Waals surface area contributed by atoms with Gasteiger partial charge in [-0.05, 0) is 49.7 Å². The van der Waals surface area contributed by atoms with Crippen molar-refractivity contribution < 1.29 is 4.79 Å². The Labute approximate surface area is 125 Å². The van der Waals surface area contributed by atoms with E-state index in [1.165, 1.54) is 29.7 Å². The predicted octanol–water partition coefficient (Wildman–Crippen LogP) is 2.83. The average molecular weight is 292 g/mol. The number of nitrogens with two attached hydrogens (primary N) is 1. The molecule has 1 saturated heterocycles. The van der Waals surface area contributed by atoms with Crippen LogP contribution in [0.25, 0.3) is 0 Å². The summed E-state index contributed by atoms with van der Waals surface area (Å²) < 4.78 is 0. The van der Waals surface area contributed by atoms with Crippen LogP contribution >= 0.6 is 11.3 Å². The number of thiophene rings is 1. The van der Waals surface area contributed by atoms with Crippen molar-refractivity contribution in [1.82, 2.24) is 4.90 Å². The maximum atomic E-state index is 12.7. The molecule has 0 saturated carbocycles. The van der Waals surface area contributed by atoms with Crippen LogP contribution in [0.5, 0.6) is 0 Å². The van der Waals surface area contributed by atoms with Crippen molar-refractivity contribution in [2.75, 3.05) is 13.1 Å². The van der Waals surface area contributed by atoms with Crippen molar-refractivity contribution in [2.45, 2.75) is 51.5 Å². The molecule has 2 unspecified atom stereocenters. The standard InChI is InChI=1S/C16H24N2OS/c1-11-10-18(8-7-13(11)17)16(19)15-9-12-5-3-2-4-6-14(12)20-15/h9,11,13H,2-8,10,17H2,1H3. The van der Waals surface area contributed by atoms with Crippen molar-refractivity contribution in [3.05, 3.63) is 21.4 Å². The lowest BCUT2D eigenvalue weighted by molar-refractivity contribution is 0.0669. The Hall–Kier alpha value is -0.870. The highest BCUT2D eigenvalue weighted by atomic mass is 32.1. The summed E-state index contributed by atoms with van der Waals surface area (Å²) in [7, 11) is 0. The van der Waals surface area contributed by atoms with Crippen molar-refractivity contribution >= 4 is 17.2 Å². The SMILES string of the molecule is CC1CN(C(=O)c2cc3c(s2)CCCCC3)CCC1N. The van der Waals surface area contributed by atoms with Gasteiger partial charge in [0.2, 0.25) is 0 Å². The lowest BCUT2D eigenvalue weighted by atomic mass is 9.95. The molecule has 2 N–H and O–H groups in total. The third kappa shape index (κ3) is 2.77. The minimum atomic E-state index is 0.224. The number of carbonyl (C=O) groups excluding carboxylic acids is 1. The zero-order valence-electron chi connectivity index (χ0n) is 12.2. The Kier molecular flexibility index (Phi) is 4.13. The van der Waals surface area contributed by atoms with Gasteiger partial charge in [-0.3, -0.25) is 4.79 Å². The number of hydrogen-bond acceptors (Lipinski definition) is 3. The van der Waals surface area contributed by atoms with Crippen LogP contribution in [0, 0.1) is 5.92 Å². The summed E-state index contributed by atoms with van der Waals surface area (Å²) in [6, 6.07) is 2.41. The molecule has 1 amide bonds. The number of nitrogens with zero attached hydrogens (tertiary/aromatic N) is 1. The molecule has 110 valence electrons. The molecule has 3 nitrogen and oxygen atoms in total. The molecule has 2 aliphatic rings. The van der Waals surface area contributed by atoms with E-state index in [-0.39, 0.29) is 11.9 Å². The number of rotatable bonds is 1. The van der Waals surface area contributed by atoms with Gasteiger partial charge in [-0.2, -0.15) is 0 Å². The smallest absolute Gasteiger partial charge is 0.263 e. The minimum absolute atomic E-state index is 0.224. The van der Waals surface area contributed by atoms with Gasteiger partial charge in [0.25, 0.3) is 5.91 Å². The van der Waals surface area contributed by atoms with E-state index in [9.17, 15) is 4.79 Å². The molecule has 4 heteroatoms. The van der Waals surface area contributed by atoms with E-state index in [1.807, 2.05) is 4.90 Å². The summed E-state index contributed by atoms with van der Waals surface area (Å²) >= 11 is 1.73. The number of carbonyl (C=O) groups is 1. The normalized spacial score (nSPS) is 27.0. The molecule has 20 heavy (non-hydrogen) atoms. The molecule has 3 rings (SSSR count). The van der Waals surface area contributed by atoms with Gasteiger partial charge in [-0.25, -0.2) is 0 Å². The summed E-state index contributed by atoms with van der Waals surface area (Å²) in [6.45, 7) is 3.77. The van der Waals surface area contributed by atoms with Crippen LogP contribution in [-0.2, 0) is 12.8 Å². The van der Waals surface area contributed by atoms with Crippen molar-refractivity contribution in [1.29, 1.82) is 0 Å². The highest BCUT2D eigenvalue weighted by molar-refractivity contribution is 7.14. The Morgan fingerprint density at radius 2 is 2.15 bits per heavy atom. The number of fused-ring (bicyclic) bond motifs is 1. The average Bonchev–Trinajstić information content (AvgIpc) is 2.72. The van der Waals surface area contributed by atoms with Crippen LogP contribution in [0.4, 0.5) is 0 Å². The fraction of sp³-hybridized carbons (Fsp3) is 0.688. The zero-order chi connectivity index (χ0) is 14.1. The third-order valence-corrected chi connectivity index (χ3v) is 5.94. The Morgan fingerprint density at radius 1 is 1.35 bits per heavy atom. The van der Waals surface area contributed by atoms with Crippen molar-refractivity contribution in [2.24, 2.45) is 11.7 Å². The number of aryl methyl sites for hydroxylation is 2. The summed E-state index contributed by atoms with van der Waals surface area (Å²) in [4.78, 5) is 17.0. The molecule has 0 aromatic carbocycles. The number of amides is 1. The van der Waals surface area contributed by atoms with Gasteiger partial charge in [0.05, 0.1) is 4.88 Å². The fourth-order valence-electron chi connectivity index (χ4n) is 3.28. The van der Waals surface area contributed by atoms with E-state index in [2.05, 4.69) is 13.0 Å². The van der Waals surface area contributed by atoms with Gasteiger partial charge < -0.3 is 10.6 Å². The third-order valence-electron chi connectivity index (χ3n) is 4.72. The van der Waals surface area contributed by atoms with Crippen LogP contribution in [0.3, 0.4) is 0 Å². The molecule has 0 spiro atoms. The minimum Gasteiger partial charge on any atom is -0.338 e. The summed E-state index contributed by atoms with van der Waals surface area (Å²) in [5, 5.41) is 0. The zero-order valence-corrected chi connectivity index (χ0v) is 13.0. The number of hydrogen-bond donors (Lipinski definition) is 1. The predicted molar refractivity (Wildman–Crippen MR) is 83.2 cm³/mol. The van der Waals surface area contributed by atoms with Gasteiger partial charge in [-0.1, -0.05) is 13.3 Å². The molecule has 2 heterocycles. The molecule has 1 aliphatic carbocycles. The number of piperidine rings is 1. The molecule has 1 fully saturated rings. The molecule has 2 atom stereocenters. The van der Waals surface area contributed by atoms with E-state index in [0.29, 0.717) is 5.92 Å². The molecule has 1 aromatic rings. The van der Waals surface area contributed by atoms with E-state index in [1.54, 1.807) is 11.3 Å². The Balaban J connectivity index is 1.74. The summed E-state index contributed by atoms with van der Waals surface area (Å²) in [5.74, 6) is 0.632. The highest BCUT2D eigenvalue weighted by Crippen LogP contribution is 2.30. The van der Waals surface area contributed by atoms with Gasteiger partial charge in [0.15, 0.2) is 0 Å². The first-order valence-corrected chi connectivity index (χ1v) is 8.63. The Bertz CT molecular complexity index is 473. The summed E-state index contributed by atoms with van der Waals surface area (Å²) in [6.07, 6.45) is 7.11. The van der Waals surface area contributed by atoms with E-state index < -0.39 is 0 Å². The van der Waals surface area contributed by atoms with Gasteiger partial charge in [-0.15, -0.1) is 11.3 Å². The highest BCUT2D eigenvalue weighted by Gasteiger charge is 2.28. The largest absolute Gasteiger partial charge is 0.338 e. The van der Waals surface area contributed by atoms with Crippen LogP contribution in [0.15, 0.2) is 6.07 Å². The second-order valence-electron chi connectivity index (χ2n) is 6.30. The summed E-state index contributed by atoms with van der Waals surface area (Å²) in [5.41, 5.74) is 7.47. The van der Waals surface area contributed by atoms with Crippen molar-refractivity contribution in [3.8, 4) is 0 Å². The number of likely N-dealkylation sites (tertiary alicyclic amines) is 1. The quantitative estimate of drug-likeness (QED) is 0.809. The second-order valence-corrected chi connectivity index (χ2v) is 7.44. The van der Waals surface area contributed by atoms with E-state index >= 15 is 0 Å². The fourth-order valence-corrected chi connectivity index (χ4v) is 4.50. The van der Waals surface area contributed by atoms with Crippen LogP contribution in [0.1, 0.15) is 52.7 Å². The van der Waals surface area contributed by atoms with Gasteiger partial charge >= 0.3 is 0 Å². The molecule has 0 radical (unpaired) electrons. The monoisotopic (exact) mass is 292 g/mol. The van der Waals surface area contributed by atoms with Crippen LogP contribution in [-0.4, -0.2) is 29.9 Å². The molecule has 1 aromatic heterocycles. The van der Waals surface area contributed by atoms with E-state index in [0.717, 1.165) is 37.2 Å². The van der Waals surface area contributed by atoms with E-state index in [4.69, 9.17) is 5.73 Å². The van der Waals surface area contributed by atoms with Gasteiger partial charge in [0, 0.05) is 24.0 Å². The maximum Gasteiger partial charge on any atom is 0.263 e. The first kappa shape index (κ1) is 14.1. The molecular formula is C16H24N2OS. The topological polar surface area (TPSA) is 46.3 Å². The molecule has 0 bridgehead atoms. The molecule has 1 aliphatic heterocycles. The lowest BCUT2D eigenvalue weighted by Crippen LogP contribution is -2.48. The first-order valence-electron chi connectivity index (χ1n) is 7.81. The second kappa shape index (κ2) is 5.86. The maximum absolute atomic E-state index is 12.7. The van der Waals surface area contributed by atoms with Crippen molar-refractivity contribution in [3.63, 3.8) is 0 Å². The van der Waals surface area contributed by atoms with Crippen LogP contribution in [0.2, 0.25) is 0 Å². The lowest BCUT2D eigenvalue weighted by Gasteiger charge is -2.34.